The van der Waals surface area contributed by atoms with Crippen molar-refractivity contribution in [3.8, 4) is 167 Å². The zero-order valence-corrected chi connectivity index (χ0v) is 73.5. The number of rotatable bonds is 11. The molecule has 0 aromatic heterocycles. The predicted octanol–water partition coefficient (Wildman–Crippen LogP) is 35.3. The van der Waals surface area contributed by atoms with E-state index in [1.54, 1.807) is 0 Å². The second-order valence-electron chi connectivity index (χ2n) is 37.1. The third kappa shape index (κ3) is 12.3. The Bertz CT molecular complexity index is 8280. The summed E-state index contributed by atoms with van der Waals surface area (Å²) in [4.78, 5) is 0. The van der Waals surface area contributed by atoms with Crippen molar-refractivity contribution in [2.45, 2.75) is 43.9 Å². The molecule has 0 saturated carbocycles. The summed E-state index contributed by atoms with van der Waals surface area (Å²) in [5.41, 5.74) is 47.8. The molecule has 0 heteroatoms. The van der Waals surface area contributed by atoms with E-state index in [0.29, 0.717) is 0 Å². The van der Waals surface area contributed by atoms with Crippen molar-refractivity contribution >= 4 is 43.1 Å². The van der Waals surface area contributed by atoms with Gasteiger partial charge in [0.25, 0.3) is 0 Å². The molecule has 0 nitrogen and oxygen atoms in total. The monoisotopic (exact) mass is 1660 g/mol. The largest absolute Gasteiger partial charge is 0.0725 e. The van der Waals surface area contributed by atoms with Crippen LogP contribution in [0.5, 0.6) is 0 Å². The Morgan fingerprint density at radius 1 is 0.115 bits per heavy atom. The molecule has 22 aromatic carbocycles. The fraction of sp³-hybridized carbons (Fsp3) is 0.0534. The van der Waals surface area contributed by atoms with Gasteiger partial charge in [-0.25, -0.2) is 0 Å². The average Bonchev–Trinajstić information content (AvgIpc) is 1.51. The van der Waals surface area contributed by atoms with Crippen molar-refractivity contribution in [3.63, 3.8) is 0 Å². The molecule has 0 fully saturated rings. The van der Waals surface area contributed by atoms with E-state index in [2.05, 4.69) is 501 Å². The molecule has 4 aliphatic rings. The molecule has 26 rings (SSSR count). The number of hydrogen-bond acceptors (Lipinski definition) is 0. The second-order valence-corrected chi connectivity index (χ2v) is 37.1. The fourth-order valence-electron chi connectivity index (χ4n) is 23.2. The third-order valence-corrected chi connectivity index (χ3v) is 29.4. The second kappa shape index (κ2) is 30.6. The Kier molecular flexibility index (Phi) is 18.0. The zero-order chi connectivity index (χ0) is 87.2. The summed E-state index contributed by atoms with van der Waals surface area (Å²) in [5, 5.41) is 10.1. The summed E-state index contributed by atoms with van der Waals surface area (Å²) < 4.78 is 0. The van der Waals surface area contributed by atoms with Crippen LogP contribution in [0.15, 0.2) is 473 Å². The van der Waals surface area contributed by atoms with Gasteiger partial charge in [-0.1, -0.05) is 458 Å². The average molecular weight is 1660 g/mol. The number of benzene rings is 22. The van der Waals surface area contributed by atoms with Crippen LogP contribution in [0.4, 0.5) is 0 Å². The van der Waals surface area contributed by atoms with E-state index in [1.165, 1.54) is 255 Å². The molecule has 0 atom stereocenters. The van der Waals surface area contributed by atoms with Gasteiger partial charge in [0, 0.05) is 10.8 Å². The van der Waals surface area contributed by atoms with Gasteiger partial charge in [0.1, 0.15) is 0 Å². The molecule has 0 unspecified atom stereocenters. The van der Waals surface area contributed by atoms with E-state index in [9.17, 15) is 0 Å². The summed E-state index contributed by atoms with van der Waals surface area (Å²) in [6, 6.07) is 177. The Hall–Kier alpha value is -16.1. The zero-order valence-electron chi connectivity index (χ0n) is 73.5. The molecule has 0 N–H and O–H groups in total. The lowest BCUT2D eigenvalue weighted by Crippen LogP contribution is -2.25. The molecule has 4 aliphatic carbocycles. The summed E-state index contributed by atoms with van der Waals surface area (Å²) in [6.45, 7) is 9.59. The minimum Gasteiger partial charge on any atom is -0.0622 e. The molecule has 0 heterocycles. The van der Waals surface area contributed by atoms with Crippen LogP contribution < -0.4 is 0 Å². The van der Waals surface area contributed by atoms with Gasteiger partial charge in [-0.2, -0.15) is 0 Å². The lowest BCUT2D eigenvalue weighted by Gasteiger charge is -2.30. The van der Waals surface area contributed by atoms with Gasteiger partial charge >= 0.3 is 0 Å². The highest BCUT2D eigenvalue weighted by molar-refractivity contribution is 6.25. The molecule has 0 aliphatic heterocycles. The molecule has 0 bridgehead atoms. The first-order valence-electron chi connectivity index (χ1n) is 46.1. The van der Waals surface area contributed by atoms with Gasteiger partial charge in [0.2, 0.25) is 0 Å². The Balaban J connectivity index is 0.000000144. The maximum atomic E-state index is 2.56. The molecule has 131 heavy (non-hydrogen) atoms. The molecule has 0 radical (unpaired) electrons. The third-order valence-electron chi connectivity index (χ3n) is 29.4. The van der Waals surface area contributed by atoms with E-state index >= 15 is 0 Å². The van der Waals surface area contributed by atoms with Crippen LogP contribution in [-0.4, -0.2) is 0 Å². The van der Waals surface area contributed by atoms with Crippen LogP contribution in [0, 0.1) is 0 Å². The molecule has 1 spiro atoms. The van der Waals surface area contributed by atoms with Crippen LogP contribution in [0.1, 0.15) is 72.2 Å². The van der Waals surface area contributed by atoms with Crippen molar-refractivity contribution in [2.75, 3.05) is 0 Å². The minimum absolute atomic E-state index is 0.141. The lowest BCUT2D eigenvalue weighted by molar-refractivity contribution is 0.661. The highest BCUT2D eigenvalue weighted by atomic mass is 14.5. The Labute approximate surface area is 766 Å². The molecule has 0 amide bonds. The topological polar surface area (TPSA) is 0 Å². The van der Waals surface area contributed by atoms with Crippen LogP contribution in [0.25, 0.3) is 210 Å². The van der Waals surface area contributed by atoms with Gasteiger partial charge < -0.3 is 0 Å². The van der Waals surface area contributed by atoms with Gasteiger partial charge in [0.15, 0.2) is 0 Å². The molecule has 0 saturated heterocycles. The van der Waals surface area contributed by atoms with Crippen LogP contribution >= 0.6 is 0 Å². The summed E-state index contributed by atoms with van der Waals surface area (Å²) in [6.07, 6.45) is 0. The summed E-state index contributed by atoms with van der Waals surface area (Å²) in [7, 11) is 0. The Morgan fingerprint density at radius 2 is 0.336 bits per heavy atom. The quantitative estimate of drug-likeness (QED) is 0.113. The first-order chi connectivity index (χ1) is 64.5. The predicted molar refractivity (Wildman–Crippen MR) is 554 cm³/mol. The van der Waals surface area contributed by atoms with Gasteiger partial charge in [-0.15, -0.1) is 0 Å². The van der Waals surface area contributed by atoms with E-state index < -0.39 is 5.41 Å². The summed E-state index contributed by atoms with van der Waals surface area (Å²) >= 11 is 0. The van der Waals surface area contributed by atoms with Gasteiger partial charge in [-0.05, 0) is 297 Å². The van der Waals surface area contributed by atoms with E-state index in [4.69, 9.17) is 0 Å². The number of hydrogen-bond donors (Lipinski definition) is 0. The van der Waals surface area contributed by atoms with Crippen molar-refractivity contribution in [1.82, 2.24) is 0 Å². The smallest absolute Gasteiger partial charge is 0.0622 e. The molecular weight excluding hydrogens is 1570 g/mol. The van der Waals surface area contributed by atoms with E-state index in [-0.39, 0.29) is 10.8 Å². The van der Waals surface area contributed by atoms with Crippen molar-refractivity contribution in [1.29, 1.82) is 0 Å². The first kappa shape index (κ1) is 77.2. The van der Waals surface area contributed by atoms with E-state index in [1.807, 2.05) is 0 Å². The highest BCUT2D eigenvalue weighted by Gasteiger charge is 2.52. The highest BCUT2D eigenvalue weighted by Crippen LogP contribution is 2.64. The van der Waals surface area contributed by atoms with Crippen LogP contribution in [0.2, 0.25) is 0 Å². The normalized spacial score (nSPS) is 13.4. The summed E-state index contributed by atoms with van der Waals surface area (Å²) in [5.74, 6) is 0. The van der Waals surface area contributed by atoms with Crippen LogP contribution in [0.3, 0.4) is 0 Å². The van der Waals surface area contributed by atoms with Crippen molar-refractivity contribution in [3.05, 3.63) is 518 Å². The van der Waals surface area contributed by atoms with Gasteiger partial charge in [-0.3, -0.25) is 0 Å². The maximum absolute atomic E-state index is 2.56. The van der Waals surface area contributed by atoms with Crippen molar-refractivity contribution < 1.29 is 0 Å². The number of fused-ring (bicyclic) bond motifs is 20. The van der Waals surface area contributed by atoms with E-state index in [0.717, 1.165) is 0 Å². The van der Waals surface area contributed by atoms with Crippen molar-refractivity contribution in [2.24, 2.45) is 0 Å². The standard InChI is InChI=1S/C72H48.C59H42/c1-71(2)63-25-13-9-24-56(63)59-43-61-62(44-67(59)71)70(50-35-31-48(32-36-50)46-19-7-4-8-20-46)60-41-51(38-40-58(60)69(61)49-33-29-47(30-34-49)45-17-5-3-6-18-45)52-37-39-57-55-23-12-16-28-66(55)72(68(57)42-52)64-26-14-10-21-53(64)54-22-11-15-27-65(54)72;1-59(2)55-25-15-14-24-49(55)51-37-53-54(38-56(51)59)58(45-32-28-42(29-33-45)40-18-8-4-9-19-40)52-36-46(48-23-13-12-22-47(48)43-20-10-5-11-21-43)34-35-50(52)57(53)44-30-26-41(27-31-44)39-16-6-3-7-17-39/h3-44H,1-2H3;3-38H,1-2H3. The fourth-order valence-corrected chi connectivity index (χ4v) is 23.2. The van der Waals surface area contributed by atoms with Crippen LogP contribution in [-0.2, 0) is 16.2 Å². The minimum atomic E-state index is -0.419. The molecule has 22 aromatic rings. The lowest BCUT2D eigenvalue weighted by atomic mass is 9.70. The van der Waals surface area contributed by atoms with Gasteiger partial charge in [0.05, 0.1) is 5.41 Å². The molecular formula is C131H90. The Morgan fingerprint density at radius 3 is 0.695 bits per heavy atom. The molecule has 614 valence electrons. The first-order valence-corrected chi connectivity index (χ1v) is 46.1. The maximum Gasteiger partial charge on any atom is 0.0725 e. The SMILES string of the molecule is CC1(C)c2ccccc2-c2cc3c(-c4ccc(-c5ccccc5)cc4)c4ccc(-c5ccc6c(c5)C5(c7ccccc7-c7ccccc75)c5ccccc5-6)cc4c(-c4ccc(-c5ccccc5)cc4)c3cc21.CC1(C)c2ccccc2-c2cc3c(-c4ccc(-c5ccccc5)cc4)c4ccc(-c5ccccc5-c5ccccc5)cc4c(-c4ccc(-c5ccccc5)cc4)c3cc21.